The van der Waals surface area contributed by atoms with Gasteiger partial charge in [0.15, 0.2) is 17.0 Å². The summed E-state index contributed by atoms with van der Waals surface area (Å²) in [6.45, 7) is -1.46. The highest BCUT2D eigenvalue weighted by Crippen LogP contribution is 2.38. The minimum atomic E-state index is -2.87. The van der Waals surface area contributed by atoms with Crippen LogP contribution in [0.3, 0.4) is 0 Å². The van der Waals surface area contributed by atoms with Crippen LogP contribution >= 0.6 is 0 Å². The molecule has 1 saturated heterocycles. The van der Waals surface area contributed by atoms with Gasteiger partial charge in [0.25, 0.3) is 5.56 Å². The molecular weight excluding hydrogens is 350 g/mol. The van der Waals surface area contributed by atoms with E-state index in [2.05, 4.69) is 4.98 Å². The van der Waals surface area contributed by atoms with E-state index in [4.69, 9.17) is 9.47 Å². The van der Waals surface area contributed by atoms with Crippen LogP contribution in [0.15, 0.2) is 15.9 Å². The van der Waals surface area contributed by atoms with E-state index in [1.807, 2.05) is 0 Å². The fourth-order valence-electron chi connectivity index (χ4n) is 3.97. The number of rotatable bonds is 3. The summed E-state index contributed by atoms with van der Waals surface area (Å²) in [4.78, 5) is 29.0. The van der Waals surface area contributed by atoms with Gasteiger partial charge < -0.3 is 9.47 Å². The zero-order chi connectivity index (χ0) is 18.5. The predicted molar refractivity (Wildman–Crippen MR) is 87.1 cm³/mol. The smallest absolute Gasteiger partial charge is 0.332 e. The van der Waals surface area contributed by atoms with E-state index in [1.54, 1.807) is 0 Å². The highest BCUT2D eigenvalue weighted by Gasteiger charge is 2.40. The highest BCUT2D eigenvalue weighted by atomic mass is 19.3. The molecule has 0 radical (unpaired) electrons. The van der Waals surface area contributed by atoms with E-state index < -0.39 is 23.6 Å². The summed E-state index contributed by atoms with van der Waals surface area (Å²) in [6, 6.07) is 0. The molecule has 1 aliphatic carbocycles. The van der Waals surface area contributed by atoms with Crippen molar-refractivity contribution in [3.63, 3.8) is 0 Å². The molecular formula is C16H20F2N4O4. The first-order valence-electron chi connectivity index (χ1n) is 8.64. The second kappa shape index (κ2) is 6.27. The lowest BCUT2D eigenvalue weighted by Crippen LogP contribution is -2.43. The summed E-state index contributed by atoms with van der Waals surface area (Å²) in [5.74, 6) is -0.389. The molecule has 2 fully saturated rings. The quantitative estimate of drug-likeness (QED) is 0.812. The second-order valence-electron chi connectivity index (χ2n) is 6.91. The molecule has 0 N–H and O–H groups in total. The molecule has 142 valence electrons. The third-order valence-electron chi connectivity index (χ3n) is 5.38. The zero-order valence-electron chi connectivity index (χ0n) is 14.4. The van der Waals surface area contributed by atoms with Gasteiger partial charge in [-0.1, -0.05) is 0 Å². The molecule has 4 rings (SSSR count). The van der Waals surface area contributed by atoms with E-state index >= 15 is 0 Å². The molecule has 1 spiro atoms. The molecule has 10 heteroatoms. The van der Waals surface area contributed by atoms with Crippen molar-refractivity contribution in [2.75, 3.05) is 13.2 Å². The Morgan fingerprint density at radius 3 is 2.54 bits per heavy atom. The Morgan fingerprint density at radius 2 is 1.92 bits per heavy atom. The van der Waals surface area contributed by atoms with Crippen molar-refractivity contribution in [3.8, 4) is 0 Å². The van der Waals surface area contributed by atoms with E-state index in [0.717, 1.165) is 41.1 Å². The third kappa shape index (κ3) is 2.67. The lowest BCUT2D eigenvalue weighted by Gasteiger charge is -2.35. The predicted octanol–water partition coefficient (Wildman–Crippen LogP) is 1.23. The van der Waals surface area contributed by atoms with Crippen LogP contribution in [-0.4, -0.2) is 37.7 Å². The van der Waals surface area contributed by atoms with E-state index in [0.29, 0.717) is 17.8 Å². The van der Waals surface area contributed by atoms with Crippen LogP contribution in [-0.2, 0) is 23.1 Å². The van der Waals surface area contributed by atoms with Crippen molar-refractivity contribution in [3.05, 3.63) is 27.2 Å². The number of fused-ring (bicyclic) bond motifs is 1. The van der Waals surface area contributed by atoms with Gasteiger partial charge in [-0.15, -0.1) is 0 Å². The molecule has 2 aliphatic rings. The largest absolute Gasteiger partial charge is 0.348 e. The first-order chi connectivity index (χ1) is 12.4. The van der Waals surface area contributed by atoms with Crippen LogP contribution in [0.5, 0.6) is 0 Å². The average Bonchev–Trinajstić information content (AvgIpc) is 3.26. The Kier molecular flexibility index (Phi) is 4.19. The Morgan fingerprint density at radius 1 is 1.27 bits per heavy atom. The van der Waals surface area contributed by atoms with Gasteiger partial charge >= 0.3 is 12.2 Å². The number of imidazole rings is 1. The zero-order valence-corrected chi connectivity index (χ0v) is 14.4. The number of hydrogen-bond donors (Lipinski definition) is 0. The Bertz CT molecular complexity index is 932. The van der Waals surface area contributed by atoms with Crippen LogP contribution < -0.4 is 11.2 Å². The van der Waals surface area contributed by atoms with Crippen molar-refractivity contribution in [1.29, 1.82) is 0 Å². The van der Waals surface area contributed by atoms with Crippen molar-refractivity contribution < 1.29 is 18.3 Å². The van der Waals surface area contributed by atoms with Gasteiger partial charge in [-0.3, -0.25) is 18.5 Å². The van der Waals surface area contributed by atoms with Crippen molar-refractivity contribution in [1.82, 2.24) is 18.7 Å². The van der Waals surface area contributed by atoms with Crippen molar-refractivity contribution in [2.45, 2.75) is 44.6 Å². The summed E-state index contributed by atoms with van der Waals surface area (Å²) in [7, 11) is 1.37. The van der Waals surface area contributed by atoms with Gasteiger partial charge in [-0.2, -0.15) is 8.78 Å². The summed E-state index contributed by atoms with van der Waals surface area (Å²) in [5, 5.41) is 0. The van der Waals surface area contributed by atoms with Gasteiger partial charge in [0.05, 0.1) is 13.2 Å². The molecule has 26 heavy (non-hydrogen) atoms. The minimum absolute atomic E-state index is 0.119. The van der Waals surface area contributed by atoms with Crippen molar-refractivity contribution in [2.24, 2.45) is 13.0 Å². The van der Waals surface area contributed by atoms with Gasteiger partial charge in [0.1, 0.15) is 6.33 Å². The van der Waals surface area contributed by atoms with Crippen LogP contribution in [0.1, 0.15) is 32.2 Å². The molecule has 0 bridgehead atoms. The van der Waals surface area contributed by atoms with Gasteiger partial charge in [0, 0.05) is 26.4 Å². The number of aryl methyl sites for hydroxylation is 1. The Labute approximate surface area is 146 Å². The summed E-state index contributed by atoms with van der Waals surface area (Å²) in [6.07, 6.45) is 3.85. The normalized spacial score (nSPS) is 20.6. The molecule has 1 saturated carbocycles. The molecule has 2 aromatic rings. The number of alkyl halides is 2. The number of hydrogen-bond acceptors (Lipinski definition) is 5. The lowest BCUT2D eigenvalue weighted by molar-refractivity contribution is -0.183. The first-order valence-corrected chi connectivity index (χ1v) is 8.64. The standard InChI is InChI=1S/C16H20F2N4O4/c1-20-12-11(19-9-22(12)14(17)18)13(23)21(15(20)24)8-10-2-4-16(5-3-10)25-6-7-26-16/h9-10,14H,2-8H2,1H3. The average molecular weight is 370 g/mol. The van der Waals surface area contributed by atoms with E-state index in [9.17, 15) is 18.4 Å². The number of nitrogens with zero attached hydrogens (tertiary/aromatic N) is 4. The van der Waals surface area contributed by atoms with Gasteiger partial charge in [-0.05, 0) is 18.8 Å². The molecule has 0 atom stereocenters. The van der Waals surface area contributed by atoms with Crippen LogP contribution in [0.25, 0.3) is 11.2 Å². The molecule has 0 amide bonds. The SMILES string of the molecule is Cn1c(=O)n(CC2CCC3(CC2)OCCO3)c(=O)c2ncn(C(F)F)c21. The van der Waals surface area contributed by atoms with E-state index in [-0.39, 0.29) is 23.6 Å². The third-order valence-corrected chi connectivity index (χ3v) is 5.38. The maximum absolute atomic E-state index is 13.1. The molecule has 0 aromatic carbocycles. The number of aromatic nitrogens is 4. The fraction of sp³-hybridized carbons (Fsp3) is 0.688. The molecule has 3 heterocycles. The van der Waals surface area contributed by atoms with Crippen LogP contribution in [0.4, 0.5) is 8.78 Å². The van der Waals surface area contributed by atoms with Gasteiger partial charge in [-0.25, -0.2) is 9.78 Å². The molecule has 1 aliphatic heterocycles. The maximum atomic E-state index is 13.1. The number of ether oxygens (including phenoxy) is 2. The lowest BCUT2D eigenvalue weighted by atomic mass is 9.85. The van der Waals surface area contributed by atoms with Crippen LogP contribution in [0.2, 0.25) is 0 Å². The second-order valence-corrected chi connectivity index (χ2v) is 6.91. The van der Waals surface area contributed by atoms with Crippen LogP contribution in [0, 0.1) is 5.92 Å². The van der Waals surface area contributed by atoms with Gasteiger partial charge in [0.2, 0.25) is 0 Å². The summed E-state index contributed by atoms with van der Waals surface area (Å²) in [5.41, 5.74) is -1.53. The molecule has 2 aromatic heterocycles. The Hall–Kier alpha value is -2.07. The topological polar surface area (TPSA) is 80.3 Å². The summed E-state index contributed by atoms with van der Waals surface area (Å²) >= 11 is 0. The minimum Gasteiger partial charge on any atom is -0.348 e. The Balaban J connectivity index is 1.63. The summed E-state index contributed by atoms with van der Waals surface area (Å²) < 4.78 is 40.2. The monoisotopic (exact) mass is 370 g/mol. The van der Waals surface area contributed by atoms with Crippen molar-refractivity contribution >= 4 is 11.2 Å². The molecule has 0 unspecified atom stereocenters. The molecule has 8 nitrogen and oxygen atoms in total. The maximum Gasteiger partial charge on any atom is 0.332 e. The van der Waals surface area contributed by atoms with E-state index in [1.165, 1.54) is 7.05 Å². The fourth-order valence-corrected chi connectivity index (χ4v) is 3.97. The highest BCUT2D eigenvalue weighted by molar-refractivity contribution is 5.69. The first kappa shape index (κ1) is 17.3. The number of halogens is 2.